The van der Waals surface area contributed by atoms with E-state index in [0.717, 1.165) is 31.6 Å². The third kappa shape index (κ3) is 3.64. The molecule has 5 aliphatic rings. The molecule has 1 aromatic carbocycles. The van der Waals surface area contributed by atoms with Gasteiger partial charge in [0.05, 0.1) is 24.7 Å². The first-order valence-electron chi connectivity index (χ1n) is 14.2. The second-order valence-corrected chi connectivity index (χ2v) is 14.2. The number of hydrogen-bond donors (Lipinski definition) is 1. The van der Waals surface area contributed by atoms with Crippen LogP contribution in [0.5, 0.6) is 0 Å². The van der Waals surface area contributed by atoms with E-state index in [9.17, 15) is 4.79 Å². The lowest BCUT2D eigenvalue weighted by atomic mass is 9.39. The van der Waals surface area contributed by atoms with Crippen LogP contribution in [0, 0.1) is 39.4 Å². The van der Waals surface area contributed by atoms with Crippen LogP contribution >= 0.6 is 23.8 Å². The van der Waals surface area contributed by atoms with E-state index in [2.05, 4.69) is 26.1 Å². The van der Waals surface area contributed by atoms with Gasteiger partial charge >= 0.3 is 5.97 Å². The number of halogens is 1. The average molecular weight is 545 g/mol. The van der Waals surface area contributed by atoms with E-state index in [0.29, 0.717) is 34.5 Å². The molecule has 202 valence electrons. The Labute approximate surface area is 231 Å². The Hall–Kier alpha value is -1.37. The maximum absolute atomic E-state index is 13.3. The van der Waals surface area contributed by atoms with Gasteiger partial charge in [0.1, 0.15) is 0 Å². The summed E-state index contributed by atoms with van der Waals surface area (Å²) in [7, 11) is 0. The van der Waals surface area contributed by atoms with Crippen LogP contribution in [0.4, 0.5) is 5.69 Å². The van der Waals surface area contributed by atoms with Gasteiger partial charge in [0, 0.05) is 16.6 Å². The van der Waals surface area contributed by atoms with Gasteiger partial charge < -0.3 is 10.1 Å². The van der Waals surface area contributed by atoms with Gasteiger partial charge in [-0.3, -0.25) is 9.63 Å². The lowest BCUT2D eigenvalue weighted by Gasteiger charge is -2.64. The normalized spacial score (nSPS) is 44.0. The van der Waals surface area contributed by atoms with Gasteiger partial charge in [-0.25, -0.2) is 5.06 Å². The molecule has 0 aromatic heterocycles. The van der Waals surface area contributed by atoms with Crippen LogP contribution in [0.25, 0.3) is 0 Å². The molecular formula is C30H41ClN2O3S. The van der Waals surface area contributed by atoms with Crippen molar-refractivity contribution in [3.05, 3.63) is 29.3 Å². The number of hydroxylamine groups is 2. The van der Waals surface area contributed by atoms with Crippen molar-refractivity contribution >= 4 is 40.6 Å². The fourth-order valence-electron chi connectivity index (χ4n) is 10.4. The molecule has 0 amide bonds. The van der Waals surface area contributed by atoms with Crippen LogP contribution in [-0.2, 0) is 14.4 Å². The molecule has 5 fully saturated rings. The third-order valence-electron chi connectivity index (χ3n) is 11.6. The summed E-state index contributed by atoms with van der Waals surface area (Å²) in [5.74, 6) is 1.49. The molecule has 4 saturated carbocycles. The van der Waals surface area contributed by atoms with Crippen LogP contribution in [0.3, 0.4) is 0 Å². The predicted molar refractivity (Wildman–Crippen MR) is 150 cm³/mol. The van der Waals surface area contributed by atoms with E-state index in [-0.39, 0.29) is 33.7 Å². The van der Waals surface area contributed by atoms with Crippen molar-refractivity contribution in [1.29, 1.82) is 0 Å². The van der Waals surface area contributed by atoms with Crippen LogP contribution < -0.4 is 5.32 Å². The fraction of sp³-hybridized carbons (Fsp3) is 0.733. The summed E-state index contributed by atoms with van der Waals surface area (Å²) in [6.07, 6.45) is 9.22. The van der Waals surface area contributed by atoms with E-state index >= 15 is 0 Å². The average Bonchev–Trinajstić information content (AvgIpc) is 3.38. The first-order chi connectivity index (χ1) is 17.6. The molecule has 5 nitrogen and oxygen atoms in total. The summed E-state index contributed by atoms with van der Waals surface area (Å²) in [6, 6.07) is 7.95. The molecule has 0 radical (unpaired) electrons. The number of benzene rings is 1. The maximum atomic E-state index is 13.3. The van der Waals surface area contributed by atoms with E-state index in [1.165, 1.54) is 32.1 Å². The van der Waals surface area contributed by atoms with Crippen molar-refractivity contribution in [3.63, 3.8) is 0 Å². The van der Waals surface area contributed by atoms with E-state index in [1.807, 2.05) is 36.3 Å². The maximum Gasteiger partial charge on any atom is 0.312 e. The van der Waals surface area contributed by atoms with Crippen molar-refractivity contribution in [2.24, 2.45) is 39.4 Å². The van der Waals surface area contributed by atoms with Gasteiger partial charge in [-0.15, -0.1) is 0 Å². The summed E-state index contributed by atoms with van der Waals surface area (Å²) in [5, 5.41) is 6.80. The van der Waals surface area contributed by atoms with Crippen molar-refractivity contribution in [3.8, 4) is 0 Å². The molecule has 1 N–H and O–H groups in total. The number of nitrogens with one attached hydrogen (secondary N) is 1. The number of thiocarbonyl (C=S) groups is 1. The molecule has 7 heteroatoms. The molecule has 1 aliphatic heterocycles. The Bertz CT molecular complexity index is 1100. The summed E-state index contributed by atoms with van der Waals surface area (Å²) in [6.45, 7) is 10.3. The number of esters is 1. The Morgan fingerprint density at radius 2 is 1.86 bits per heavy atom. The highest BCUT2D eigenvalue weighted by Crippen LogP contribution is 2.76. The highest BCUT2D eigenvalue weighted by Gasteiger charge is 2.73. The smallest absolute Gasteiger partial charge is 0.312 e. The number of rotatable bonds is 3. The van der Waals surface area contributed by atoms with Gasteiger partial charge in [0.2, 0.25) is 0 Å². The summed E-state index contributed by atoms with van der Waals surface area (Å²) in [4.78, 5) is 19.7. The molecule has 8 atom stereocenters. The second-order valence-electron chi connectivity index (χ2n) is 13.4. The van der Waals surface area contributed by atoms with Crippen LogP contribution in [0.2, 0.25) is 5.02 Å². The molecule has 0 unspecified atom stereocenters. The number of carbonyl (C=O) groups excluding carboxylic acids is 1. The molecule has 4 aliphatic carbocycles. The zero-order valence-corrected chi connectivity index (χ0v) is 24.2. The lowest BCUT2D eigenvalue weighted by Crippen LogP contribution is -2.60. The Morgan fingerprint density at radius 3 is 2.59 bits per heavy atom. The van der Waals surface area contributed by atoms with E-state index in [4.69, 9.17) is 33.4 Å². The van der Waals surface area contributed by atoms with E-state index in [1.54, 1.807) is 0 Å². The monoisotopic (exact) mass is 544 g/mol. The predicted octanol–water partition coefficient (Wildman–Crippen LogP) is 7.24. The summed E-state index contributed by atoms with van der Waals surface area (Å²) >= 11 is 12.0. The number of fused-ring (bicyclic) bond motifs is 5. The highest BCUT2D eigenvalue weighted by molar-refractivity contribution is 7.80. The lowest BCUT2D eigenvalue weighted by molar-refractivity contribution is -0.195. The van der Waals surface area contributed by atoms with Crippen LogP contribution in [-0.4, -0.2) is 35.4 Å². The molecule has 1 saturated heterocycles. The Morgan fingerprint density at radius 1 is 1.14 bits per heavy atom. The molecule has 1 aromatic rings. The second kappa shape index (κ2) is 8.82. The van der Waals surface area contributed by atoms with Crippen molar-refractivity contribution < 1.29 is 14.4 Å². The van der Waals surface area contributed by atoms with Gasteiger partial charge in [-0.2, -0.15) is 0 Å². The Balaban J connectivity index is 1.29. The third-order valence-corrected chi connectivity index (χ3v) is 12.2. The molecular weight excluding hydrogens is 504 g/mol. The number of nitrogens with zero attached hydrogens (tertiary/aromatic N) is 1. The molecule has 6 rings (SSSR count). The van der Waals surface area contributed by atoms with Gasteiger partial charge in [0.25, 0.3) is 0 Å². The number of anilines is 1. The number of ether oxygens (including phenoxy) is 1. The number of carbonyl (C=O) groups is 1. The van der Waals surface area contributed by atoms with Crippen molar-refractivity contribution in [2.75, 3.05) is 18.5 Å². The molecule has 37 heavy (non-hydrogen) atoms. The summed E-state index contributed by atoms with van der Waals surface area (Å²) < 4.78 is 5.66. The minimum Gasteiger partial charge on any atom is -0.466 e. The molecule has 2 bridgehead atoms. The topological polar surface area (TPSA) is 50.8 Å². The number of hydrogen-bond acceptors (Lipinski definition) is 4. The SMILES string of the molecule is CCOC(=O)[C@]1(C)CCC[C@@]2(C)[C@@H]3CC[C@@]4(C)C[C@]3(CC[C@@H]21)[C@@H]1CON(C(=S)Nc2ccc(Cl)cc2)[C@@H]14. The fourth-order valence-corrected chi connectivity index (χ4v) is 10.8. The van der Waals surface area contributed by atoms with Gasteiger partial charge in [-0.05, 0) is 123 Å². The zero-order chi connectivity index (χ0) is 26.2. The first kappa shape index (κ1) is 25.9. The van der Waals surface area contributed by atoms with Crippen molar-refractivity contribution in [1.82, 2.24) is 5.06 Å². The van der Waals surface area contributed by atoms with Gasteiger partial charge in [0.15, 0.2) is 5.11 Å². The first-order valence-corrected chi connectivity index (χ1v) is 15.0. The largest absolute Gasteiger partial charge is 0.466 e. The minimum atomic E-state index is -0.369. The minimum absolute atomic E-state index is 0.0285. The van der Waals surface area contributed by atoms with Gasteiger partial charge in [-0.1, -0.05) is 31.9 Å². The zero-order valence-electron chi connectivity index (χ0n) is 22.6. The molecule has 1 heterocycles. The van der Waals surface area contributed by atoms with Crippen LogP contribution in [0.15, 0.2) is 24.3 Å². The highest BCUT2D eigenvalue weighted by atomic mass is 35.5. The standard InChI is InChI=1S/C30H41ClN2O3S/c1-5-35-25(34)29(4)14-6-13-28(3)22(29)12-16-30-18-27(2,15-11-23(28)30)24-21(30)17-36-33(24)26(37)32-20-9-7-19(31)8-10-20/h7-10,21-24H,5-6,11-18H2,1-4H3,(H,32,37)/t21-,22+,23+,24+,27+,28-,29-,30-/m1/s1. The van der Waals surface area contributed by atoms with Crippen LogP contribution in [0.1, 0.15) is 79.1 Å². The van der Waals surface area contributed by atoms with E-state index < -0.39 is 0 Å². The van der Waals surface area contributed by atoms with Crippen molar-refractivity contribution in [2.45, 2.75) is 85.1 Å². The Kier molecular flexibility index (Phi) is 6.17. The molecule has 1 spiro atoms. The summed E-state index contributed by atoms with van der Waals surface area (Å²) in [5.41, 5.74) is 1.14. The quantitative estimate of drug-likeness (QED) is 0.319.